The zero-order chi connectivity index (χ0) is 10.5. The molecule has 15 heavy (non-hydrogen) atoms. The number of nitrogens with zero attached hydrogens (tertiary/aromatic N) is 1. The molecule has 0 spiro atoms. The molecule has 0 aromatic rings. The van der Waals surface area contributed by atoms with E-state index in [1.165, 1.54) is 45.2 Å². The van der Waals surface area contributed by atoms with E-state index in [2.05, 4.69) is 10.2 Å². The van der Waals surface area contributed by atoms with E-state index in [-0.39, 0.29) is 0 Å². The number of rotatable bonds is 4. The number of hydrogen-bond donors (Lipinski definition) is 1. The summed E-state index contributed by atoms with van der Waals surface area (Å²) in [6.45, 7) is 4.48. The maximum absolute atomic E-state index is 5.19. The summed E-state index contributed by atoms with van der Waals surface area (Å²) in [5.41, 5.74) is 0. The summed E-state index contributed by atoms with van der Waals surface area (Å²) in [4.78, 5) is 2.63. The molecule has 0 radical (unpaired) electrons. The zero-order valence-corrected chi connectivity index (χ0v) is 9.87. The van der Waals surface area contributed by atoms with Gasteiger partial charge < -0.3 is 10.1 Å². The van der Waals surface area contributed by atoms with E-state index in [0.717, 1.165) is 25.2 Å². The third-order valence-corrected chi connectivity index (χ3v) is 3.81. The summed E-state index contributed by atoms with van der Waals surface area (Å²) in [5, 5.41) is 3.65. The number of ether oxygens (including phenoxy) is 1. The minimum atomic E-state index is 0.752. The van der Waals surface area contributed by atoms with E-state index in [1.54, 1.807) is 7.11 Å². The van der Waals surface area contributed by atoms with Gasteiger partial charge in [-0.2, -0.15) is 0 Å². The highest BCUT2D eigenvalue weighted by molar-refractivity contribution is 4.90. The molecule has 2 aliphatic rings. The fraction of sp³-hybridized carbons (Fsp3) is 1.00. The highest BCUT2D eigenvalue weighted by atomic mass is 16.5. The van der Waals surface area contributed by atoms with Crippen molar-refractivity contribution in [2.75, 3.05) is 33.4 Å². The first kappa shape index (κ1) is 11.4. The lowest BCUT2D eigenvalue weighted by molar-refractivity contribution is 0.0803. The highest BCUT2D eigenvalue weighted by Crippen LogP contribution is 2.23. The number of methoxy groups -OCH3 is 1. The molecule has 0 amide bonds. The lowest BCUT2D eigenvalue weighted by Gasteiger charge is -2.39. The lowest BCUT2D eigenvalue weighted by Crippen LogP contribution is -2.51. The van der Waals surface area contributed by atoms with E-state index in [1.807, 2.05) is 0 Å². The second-order valence-corrected chi connectivity index (χ2v) is 4.79. The third-order valence-electron chi connectivity index (χ3n) is 3.81. The highest BCUT2D eigenvalue weighted by Gasteiger charge is 2.30. The predicted molar refractivity (Wildman–Crippen MR) is 62.1 cm³/mol. The standard InChI is InChI=1S/C12H24N2O/c1-15-10-9-14-8-3-2-6-12(14)11-5-4-7-13-11/h11-13H,2-10H2,1H3. The van der Waals surface area contributed by atoms with Gasteiger partial charge in [0.05, 0.1) is 6.61 Å². The van der Waals surface area contributed by atoms with Crippen molar-refractivity contribution in [2.24, 2.45) is 0 Å². The smallest absolute Gasteiger partial charge is 0.0589 e. The molecule has 0 aliphatic carbocycles. The summed E-state index contributed by atoms with van der Waals surface area (Å²) in [6.07, 6.45) is 6.88. The van der Waals surface area contributed by atoms with E-state index in [0.29, 0.717) is 0 Å². The Hall–Kier alpha value is -0.120. The van der Waals surface area contributed by atoms with Gasteiger partial charge in [-0.05, 0) is 38.8 Å². The van der Waals surface area contributed by atoms with Gasteiger partial charge in [0.2, 0.25) is 0 Å². The first-order chi connectivity index (χ1) is 7.42. The van der Waals surface area contributed by atoms with Crippen LogP contribution >= 0.6 is 0 Å². The van der Waals surface area contributed by atoms with Gasteiger partial charge in [-0.25, -0.2) is 0 Å². The fourth-order valence-corrected chi connectivity index (χ4v) is 3.00. The van der Waals surface area contributed by atoms with Crippen LogP contribution < -0.4 is 5.32 Å². The van der Waals surface area contributed by atoms with Gasteiger partial charge in [-0.1, -0.05) is 6.42 Å². The van der Waals surface area contributed by atoms with Crippen LogP contribution in [-0.2, 0) is 4.74 Å². The molecule has 88 valence electrons. The topological polar surface area (TPSA) is 24.5 Å². The van der Waals surface area contributed by atoms with E-state index < -0.39 is 0 Å². The van der Waals surface area contributed by atoms with Crippen LogP contribution in [0.5, 0.6) is 0 Å². The van der Waals surface area contributed by atoms with E-state index in [4.69, 9.17) is 4.74 Å². The minimum Gasteiger partial charge on any atom is -0.383 e. The van der Waals surface area contributed by atoms with Crippen LogP contribution in [0, 0.1) is 0 Å². The Kier molecular flexibility index (Phi) is 4.42. The molecule has 2 fully saturated rings. The number of nitrogens with one attached hydrogen (secondary N) is 1. The van der Waals surface area contributed by atoms with Gasteiger partial charge in [0.25, 0.3) is 0 Å². The van der Waals surface area contributed by atoms with Crippen LogP contribution in [0.4, 0.5) is 0 Å². The van der Waals surface area contributed by atoms with E-state index >= 15 is 0 Å². The maximum Gasteiger partial charge on any atom is 0.0589 e. The Morgan fingerprint density at radius 1 is 1.27 bits per heavy atom. The van der Waals surface area contributed by atoms with Gasteiger partial charge in [0.1, 0.15) is 0 Å². The van der Waals surface area contributed by atoms with Crippen LogP contribution in [-0.4, -0.2) is 50.3 Å². The fourth-order valence-electron chi connectivity index (χ4n) is 3.00. The van der Waals surface area contributed by atoms with Crippen LogP contribution in [0.15, 0.2) is 0 Å². The molecule has 0 bridgehead atoms. The Balaban J connectivity index is 1.86. The molecule has 3 nitrogen and oxygen atoms in total. The summed E-state index contributed by atoms with van der Waals surface area (Å²) >= 11 is 0. The molecular weight excluding hydrogens is 188 g/mol. The van der Waals surface area contributed by atoms with Crippen LogP contribution in [0.3, 0.4) is 0 Å². The summed E-state index contributed by atoms with van der Waals surface area (Å²) in [7, 11) is 1.80. The molecule has 2 saturated heterocycles. The Morgan fingerprint density at radius 3 is 2.93 bits per heavy atom. The summed E-state index contributed by atoms with van der Waals surface area (Å²) in [6, 6.07) is 1.53. The van der Waals surface area contributed by atoms with Crippen LogP contribution in [0.2, 0.25) is 0 Å². The van der Waals surface area contributed by atoms with Gasteiger partial charge in [0, 0.05) is 25.7 Å². The Morgan fingerprint density at radius 2 is 2.20 bits per heavy atom. The number of likely N-dealkylation sites (tertiary alicyclic amines) is 1. The molecule has 0 aromatic carbocycles. The van der Waals surface area contributed by atoms with Gasteiger partial charge in [-0.15, -0.1) is 0 Å². The van der Waals surface area contributed by atoms with Crippen molar-refractivity contribution in [3.05, 3.63) is 0 Å². The van der Waals surface area contributed by atoms with Crippen molar-refractivity contribution in [1.29, 1.82) is 0 Å². The van der Waals surface area contributed by atoms with Gasteiger partial charge >= 0.3 is 0 Å². The Bertz CT molecular complexity index is 180. The van der Waals surface area contributed by atoms with Crippen molar-refractivity contribution in [3.8, 4) is 0 Å². The second kappa shape index (κ2) is 5.83. The molecule has 1 N–H and O–H groups in total. The lowest BCUT2D eigenvalue weighted by atomic mass is 9.94. The van der Waals surface area contributed by atoms with Crippen molar-refractivity contribution < 1.29 is 4.74 Å². The van der Waals surface area contributed by atoms with Crippen molar-refractivity contribution in [3.63, 3.8) is 0 Å². The van der Waals surface area contributed by atoms with Gasteiger partial charge in [0.15, 0.2) is 0 Å². The number of hydrogen-bond acceptors (Lipinski definition) is 3. The monoisotopic (exact) mass is 212 g/mol. The molecule has 3 heteroatoms. The quantitative estimate of drug-likeness (QED) is 0.759. The molecule has 2 heterocycles. The zero-order valence-electron chi connectivity index (χ0n) is 9.87. The predicted octanol–water partition coefficient (Wildman–Crippen LogP) is 1.24. The average molecular weight is 212 g/mol. The maximum atomic E-state index is 5.19. The molecule has 0 aromatic heterocycles. The normalized spacial score (nSPS) is 33.4. The van der Waals surface area contributed by atoms with E-state index in [9.17, 15) is 0 Å². The summed E-state index contributed by atoms with van der Waals surface area (Å²) in [5.74, 6) is 0. The third kappa shape index (κ3) is 2.92. The molecule has 2 aliphatic heterocycles. The van der Waals surface area contributed by atoms with Crippen molar-refractivity contribution in [2.45, 2.75) is 44.2 Å². The largest absolute Gasteiger partial charge is 0.383 e. The first-order valence-corrected chi connectivity index (χ1v) is 6.38. The molecule has 0 saturated carbocycles. The van der Waals surface area contributed by atoms with Crippen molar-refractivity contribution in [1.82, 2.24) is 10.2 Å². The second-order valence-electron chi connectivity index (χ2n) is 4.79. The number of piperidine rings is 1. The molecule has 2 rings (SSSR count). The molecule has 2 unspecified atom stereocenters. The summed E-state index contributed by atoms with van der Waals surface area (Å²) < 4.78 is 5.19. The SMILES string of the molecule is COCCN1CCCCC1C1CCCN1. The minimum absolute atomic E-state index is 0.752. The van der Waals surface area contributed by atoms with Crippen molar-refractivity contribution >= 4 is 0 Å². The van der Waals surface area contributed by atoms with Crippen LogP contribution in [0.1, 0.15) is 32.1 Å². The van der Waals surface area contributed by atoms with Crippen LogP contribution in [0.25, 0.3) is 0 Å². The Labute approximate surface area is 93.2 Å². The molecular formula is C12H24N2O. The first-order valence-electron chi connectivity index (χ1n) is 6.38. The van der Waals surface area contributed by atoms with Gasteiger partial charge in [-0.3, -0.25) is 4.90 Å². The average Bonchev–Trinajstić information content (AvgIpc) is 2.80. The molecule has 2 atom stereocenters.